The molecule has 0 spiro atoms. The normalized spacial score (nSPS) is 11.2. The lowest BCUT2D eigenvalue weighted by Gasteiger charge is -2.13. The number of hydrogen-bond donors (Lipinski definition) is 4. The van der Waals surface area contributed by atoms with Gasteiger partial charge in [0.1, 0.15) is 0 Å². The Bertz CT molecular complexity index is 480. The van der Waals surface area contributed by atoms with Gasteiger partial charge in [0.15, 0.2) is 0 Å². The number of halogens is 3. The highest BCUT2D eigenvalue weighted by Crippen LogP contribution is 2.23. The Morgan fingerprint density at radius 3 is 2.24 bits per heavy atom. The summed E-state index contributed by atoms with van der Waals surface area (Å²) in [5.74, 6) is -0.860. The van der Waals surface area contributed by atoms with Gasteiger partial charge in [-0.2, -0.15) is 0 Å². The first-order chi connectivity index (χ1) is 9.42. The van der Waals surface area contributed by atoms with Gasteiger partial charge in [0.2, 0.25) is 11.8 Å². The topological polar surface area (TPSA) is 104 Å². The largest absolute Gasteiger partial charge is 0.387 e. The Morgan fingerprint density at radius 1 is 1.14 bits per heavy atom. The maximum absolute atomic E-state index is 11.4. The van der Waals surface area contributed by atoms with Crippen molar-refractivity contribution in [1.29, 1.82) is 0 Å². The molecule has 0 aliphatic rings. The molecule has 0 heterocycles. The molecule has 0 aromatic heterocycles. The summed E-state index contributed by atoms with van der Waals surface area (Å²) in [6, 6.07) is 4.65. The fourth-order valence-corrected chi connectivity index (χ4v) is 1.95. The van der Waals surface area contributed by atoms with E-state index in [0.29, 0.717) is 15.6 Å². The summed E-state index contributed by atoms with van der Waals surface area (Å²) >= 11 is 11.6. The third-order valence-electron chi connectivity index (χ3n) is 2.39. The van der Waals surface area contributed by atoms with Crippen molar-refractivity contribution < 1.29 is 14.7 Å². The summed E-state index contributed by atoms with van der Waals surface area (Å²) < 4.78 is 0. The zero-order chi connectivity index (χ0) is 15.1. The molecule has 0 saturated heterocycles. The first-order valence-corrected chi connectivity index (χ1v) is 6.55. The molecule has 6 nitrogen and oxygen atoms in total. The summed E-state index contributed by atoms with van der Waals surface area (Å²) in [5, 5.41) is 15.5. The average molecular weight is 357 g/mol. The highest BCUT2D eigenvalue weighted by atomic mass is 35.5. The number of hydrogen-bond acceptors (Lipinski definition) is 4. The van der Waals surface area contributed by atoms with Gasteiger partial charge in [-0.05, 0) is 23.8 Å². The Hall–Kier alpha value is -1.05. The Kier molecular flexibility index (Phi) is 9.32. The van der Waals surface area contributed by atoms with E-state index in [-0.39, 0.29) is 32.0 Å². The smallest absolute Gasteiger partial charge is 0.239 e. The molecule has 0 radical (unpaired) electrons. The third-order valence-corrected chi connectivity index (χ3v) is 2.83. The molecule has 0 fully saturated rings. The van der Waals surface area contributed by atoms with E-state index in [0.717, 1.165) is 0 Å². The molecule has 1 rings (SSSR count). The molecule has 9 heteroatoms. The average Bonchev–Trinajstić information content (AvgIpc) is 2.40. The fourth-order valence-electron chi connectivity index (χ4n) is 1.41. The predicted molar refractivity (Wildman–Crippen MR) is 83.7 cm³/mol. The van der Waals surface area contributed by atoms with Crippen molar-refractivity contribution in [2.24, 2.45) is 5.73 Å². The lowest BCUT2D eigenvalue weighted by molar-refractivity contribution is -0.125. The first-order valence-electron chi connectivity index (χ1n) is 5.80. The summed E-state index contributed by atoms with van der Waals surface area (Å²) in [7, 11) is 0. The molecule has 1 aromatic carbocycles. The standard InChI is InChI=1S/C12H15Cl2N3O3.ClH/c13-8-1-7(2-9(14)3-8)10(18)5-16-12(20)6-17-11(19)4-15;/h1-3,10,18H,4-6,15H2,(H,16,20)(H,17,19);1H. The summed E-state index contributed by atoms with van der Waals surface area (Å²) in [6.45, 7) is -0.399. The van der Waals surface area contributed by atoms with Gasteiger partial charge in [0.05, 0.1) is 19.2 Å². The third kappa shape index (κ3) is 7.50. The molecule has 118 valence electrons. The van der Waals surface area contributed by atoms with Gasteiger partial charge in [-0.15, -0.1) is 12.4 Å². The Morgan fingerprint density at radius 2 is 1.71 bits per heavy atom. The van der Waals surface area contributed by atoms with Crippen molar-refractivity contribution in [3.63, 3.8) is 0 Å². The first kappa shape index (κ1) is 19.9. The molecule has 1 unspecified atom stereocenters. The zero-order valence-corrected chi connectivity index (χ0v) is 13.3. The second kappa shape index (κ2) is 9.81. The molecule has 1 atom stereocenters. The van der Waals surface area contributed by atoms with E-state index in [2.05, 4.69) is 10.6 Å². The number of benzene rings is 1. The Labute approximate surface area is 138 Å². The van der Waals surface area contributed by atoms with Crippen LogP contribution in [0.4, 0.5) is 0 Å². The van der Waals surface area contributed by atoms with E-state index in [1.54, 1.807) is 18.2 Å². The van der Waals surface area contributed by atoms with Crippen molar-refractivity contribution in [2.75, 3.05) is 19.6 Å². The van der Waals surface area contributed by atoms with Gasteiger partial charge in [0.25, 0.3) is 0 Å². The van der Waals surface area contributed by atoms with E-state index in [4.69, 9.17) is 28.9 Å². The molecule has 0 bridgehead atoms. The lowest BCUT2D eigenvalue weighted by atomic mass is 10.1. The lowest BCUT2D eigenvalue weighted by Crippen LogP contribution is -2.40. The zero-order valence-electron chi connectivity index (χ0n) is 10.9. The molecule has 21 heavy (non-hydrogen) atoms. The van der Waals surface area contributed by atoms with Crippen LogP contribution in [0.25, 0.3) is 0 Å². The summed E-state index contributed by atoms with van der Waals surface area (Å²) in [6.07, 6.45) is -0.944. The fraction of sp³-hybridized carbons (Fsp3) is 0.333. The second-order valence-corrected chi connectivity index (χ2v) is 4.88. The summed E-state index contributed by atoms with van der Waals surface area (Å²) in [4.78, 5) is 22.3. The van der Waals surface area contributed by atoms with Crippen LogP contribution in [0, 0.1) is 0 Å². The molecular weight excluding hydrogens is 341 g/mol. The van der Waals surface area contributed by atoms with Crippen LogP contribution >= 0.6 is 35.6 Å². The van der Waals surface area contributed by atoms with E-state index >= 15 is 0 Å². The van der Waals surface area contributed by atoms with Crippen LogP contribution in [0.5, 0.6) is 0 Å². The van der Waals surface area contributed by atoms with Gasteiger partial charge in [-0.3, -0.25) is 9.59 Å². The molecule has 0 aliphatic carbocycles. The van der Waals surface area contributed by atoms with Gasteiger partial charge in [-0.1, -0.05) is 23.2 Å². The van der Waals surface area contributed by atoms with E-state index < -0.39 is 17.9 Å². The van der Waals surface area contributed by atoms with Crippen LogP contribution in [0.15, 0.2) is 18.2 Å². The number of carbonyl (C=O) groups is 2. The van der Waals surface area contributed by atoms with Crippen LogP contribution in [-0.2, 0) is 9.59 Å². The van der Waals surface area contributed by atoms with Gasteiger partial charge < -0.3 is 21.5 Å². The minimum absolute atomic E-state index is 0. The van der Waals surface area contributed by atoms with Crippen molar-refractivity contribution in [3.05, 3.63) is 33.8 Å². The molecule has 1 aromatic rings. The van der Waals surface area contributed by atoms with Crippen LogP contribution in [0.2, 0.25) is 10.0 Å². The Balaban J connectivity index is 0.00000400. The second-order valence-electron chi connectivity index (χ2n) is 4.00. The molecule has 0 aliphatic heterocycles. The number of aliphatic hydroxyl groups is 1. The van der Waals surface area contributed by atoms with E-state index in [1.165, 1.54) is 0 Å². The maximum Gasteiger partial charge on any atom is 0.239 e. The van der Waals surface area contributed by atoms with E-state index in [9.17, 15) is 14.7 Å². The van der Waals surface area contributed by atoms with Crippen molar-refractivity contribution in [2.45, 2.75) is 6.10 Å². The highest BCUT2D eigenvalue weighted by Gasteiger charge is 2.11. The molecule has 0 saturated carbocycles. The summed E-state index contributed by atoms with van der Waals surface area (Å²) in [5.41, 5.74) is 5.57. The number of rotatable bonds is 6. The molecule has 5 N–H and O–H groups in total. The van der Waals surface area contributed by atoms with E-state index in [1.807, 2.05) is 0 Å². The number of nitrogens with one attached hydrogen (secondary N) is 2. The van der Waals surface area contributed by atoms with Gasteiger partial charge in [0, 0.05) is 16.6 Å². The molecular formula is C12H16Cl3N3O3. The minimum Gasteiger partial charge on any atom is -0.387 e. The monoisotopic (exact) mass is 355 g/mol. The maximum atomic E-state index is 11.4. The van der Waals surface area contributed by atoms with Crippen LogP contribution in [-0.4, -0.2) is 36.6 Å². The predicted octanol–water partition coefficient (Wildman–Crippen LogP) is 0.640. The minimum atomic E-state index is -0.944. The van der Waals surface area contributed by atoms with Crippen molar-refractivity contribution >= 4 is 47.4 Å². The SMILES string of the molecule is Cl.NCC(=O)NCC(=O)NCC(O)c1cc(Cl)cc(Cl)c1. The number of aliphatic hydroxyl groups excluding tert-OH is 1. The quantitative estimate of drug-likeness (QED) is 0.600. The number of nitrogens with two attached hydrogens (primary N) is 1. The highest BCUT2D eigenvalue weighted by molar-refractivity contribution is 6.34. The van der Waals surface area contributed by atoms with Gasteiger partial charge in [-0.25, -0.2) is 0 Å². The van der Waals surface area contributed by atoms with Crippen molar-refractivity contribution in [3.8, 4) is 0 Å². The van der Waals surface area contributed by atoms with Crippen LogP contribution < -0.4 is 16.4 Å². The number of carbonyl (C=O) groups excluding carboxylic acids is 2. The van der Waals surface area contributed by atoms with Crippen LogP contribution in [0.3, 0.4) is 0 Å². The van der Waals surface area contributed by atoms with Gasteiger partial charge >= 0.3 is 0 Å². The van der Waals surface area contributed by atoms with Crippen molar-refractivity contribution in [1.82, 2.24) is 10.6 Å². The molecule has 2 amide bonds. The number of amides is 2. The van der Waals surface area contributed by atoms with Crippen LogP contribution in [0.1, 0.15) is 11.7 Å².